The molecular weight excluding hydrogens is 290 g/mol. The largest absolute Gasteiger partial charge is 1.00 e. The predicted molar refractivity (Wildman–Crippen MR) is 88.9 cm³/mol. The first kappa shape index (κ1) is 18.8. The van der Waals surface area contributed by atoms with E-state index in [1.54, 1.807) is 20.3 Å². The molecule has 1 atom stereocenters. The first-order valence-electron chi connectivity index (χ1n) is 6.66. The predicted octanol–water partition coefficient (Wildman–Crippen LogP) is 0.581. The molecule has 2 aromatic rings. The number of hydrogen-bond donors (Lipinski definition) is 0. The molecule has 0 heterocycles. The monoisotopic (exact) mass is 310 g/mol. The second kappa shape index (κ2) is 8.39. The summed E-state index contributed by atoms with van der Waals surface area (Å²) in [5.74, 6) is 1.41. The fraction of sp³-hybridized carbons (Fsp3) is 0.235. The van der Waals surface area contributed by atoms with E-state index >= 15 is 0 Å². The molecule has 0 saturated carbocycles. The van der Waals surface area contributed by atoms with E-state index in [2.05, 4.69) is 0 Å². The Morgan fingerprint density at radius 3 is 2.23 bits per heavy atom. The van der Waals surface area contributed by atoms with E-state index in [0.717, 1.165) is 27.7 Å². The van der Waals surface area contributed by atoms with Gasteiger partial charge >= 0.3 is 18.9 Å². The molecule has 0 aromatic heterocycles. The quantitative estimate of drug-likeness (QED) is 0.599. The van der Waals surface area contributed by atoms with E-state index in [-0.39, 0.29) is 34.4 Å². The fourth-order valence-corrected chi connectivity index (χ4v) is 3.49. The van der Waals surface area contributed by atoms with Gasteiger partial charge in [-0.25, -0.2) is 0 Å². The van der Waals surface area contributed by atoms with Gasteiger partial charge in [0.15, 0.2) is 5.52 Å². The van der Waals surface area contributed by atoms with Crippen molar-refractivity contribution in [2.24, 2.45) is 0 Å². The first-order valence-corrected chi connectivity index (χ1v) is 7.66. The summed E-state index contributed by atoms with van der Waals surface area (Å²) in [7, 11) is 3.25. The van der Waals surface area contributed by atoms with Gasteiger partial charge in [0.25, 0.3) is 0 Å². The minimum absolute atomic E-state index is 0. The minimum atomic E-state index is 0. The topological polar surface area (TPSA) is 35.5 Å². The van der Waals surface area contributed by atoms with E-state index in [0.29, 0.717) is 5.75 Å². The molecule has 1 unspecified atom stereocenters. The summed E-state index contributed by atoms with van der Waals surface area (Å²) in [4.78, 5) is 12.6. The molecular formula is C17H20LiO3P. The Labute approximate surface area is 146 Å². The Kier molecular flexibility index (Phi) is 7.17. The first-order chi connectivity index (χ1) is 10.1. The van der Waals surface area contributed by atoms with Gasteiger partial charge in [-0.1, -0.05) is 18.2 Å². The molecule has 0 saturated heterocycles. The van der Waals surface area contributed by atoms with Crippen LogP contribution >= 0.6 is 8.58 Å². The average molecular weight is 310 g/mol. The molecule has 0 aliphatic rings. The molecule has 0 fully saturated rings. The van der Waals surface area contributed by atoms with Crippen LogP contribution in [-0.2, 0) is 0 Å². The van der Waals surface area contributed by atoms with Crippen LogP contribution in [0.5, 0.6) is 11.5 Å². The van der Waals surface area contributed by atoms with E-state index in [9.17, 15) is 4.79 Å². The maximum atomic E-state index is 12.6. The van der Waals surface area contributed by atoms with Crippen molar-refractivity contribution in [3.05, 3.63) is 53.1 Å². The molecule has 0 N–H and O–H groups in total. The van der Waals surface area contributed by atoms with Gasteiger partial charge in [-0.15, -0.1) is 0 Å². The van der Waals surface area contributed by atoms with Crippen LogP contribution < -0.4 is 33.6 Å². The summed E-state index contributed by atoms with van der Waals surface area (Å²) in [6, 6.07) is 11.5. The maximum absolute atomic E-state index is 12.6. The smallest absolute Gasteiger partial charge is 1.00 e. The van der Waals surface area contributed by atoms with Crippen molar-refractivity contribution in [1.82, 2.24) is 0 Å². The number of aryl methyl sites for hydroxylation is 2. The van der Waals surface area contributed by atoms with Crippen molar-refractivity contribution in [3.63, 3.8) is 0 Å². The van der Waals surface area contributed by atoms with Crippen LogP contribution in [0, 0.1) is 13.8 Å². The summed E-state index contributed by atoms with van der Waals surface area (Å²) >= 11 is 0. The average Bonchev–Trinajstić information content (AvgIpc) is 2.47. The maximum Gasteiger partial charge on any atom is 1.00 e. The number of methoxy groups -OCH3 is 2. The van der Waals surface area contributed by atoms with Crippen molar-refractivity contribution in [3.8, 4) is 11.5 Å². The fourth-order valence-electron chi connectivity index (χ4n) is 2.26. The zero-order valence-electron chi connectivity index (χ0n) is 14.7. The summed E-state index contributed by atoms with van der Waals surface area (Å²) in [5, 5.41) is 0.894. The van der Waals surface area contributed by atoms with E-state index in [1.807, 2.05) is 44.2 Å². The van der Waals surface area contributed by atoms with Crippen molar-refractivity contribution in [2.45, 2.75) is 13.8 Å². The van der Waals surface area contributed by atoms with E-state index in [4.69, 9.17) is 9.47 Å². The van der Waals surface area contributed by atoms with Gasteiger partial charge in [0.2, 0.25) is 0 Å². The van der Waals surface area contributed by atoms with Crippen LogP contribution in [0.15, 0.2) is 36.4 Å². The Morgan fingerprint density at radius 2 is 1.68 bits per heavy atom. The number of benzene rings is 2. The zero-order chi connectivity index (χ0) is 15.4. The van der Waals surface area contributed by atoms with Gasteiger partial charge in [0.1, 0.15) is 11.5 Å². The Bertz CT molecular complexity index is 657. The van der Waals surface area contributed by atoms with Crippen molar-refractivity contribution in [2.75, 3.05) is 14.2 Å². The van der Waals surface area contributed by atoms with Crippen LogP contribution in [0.1, 0.15) is 22.9 Å². The van der Waals surface area contributed by atoms with Crippen molar-refractivity contribution in [1.29, 1.82) is 0 Å². The van der Waals surface area contributed by atoms with Gasteiger partial charge in [0.05, 0.1) is 14.2 Å². The van der Waals surface area contributed by atoms with Gasteiger partial charge in [-0.05, 0) is 45.7 Å². The van der Waals surface area contributed by atoms with Crippen LogP contribution in [0.25, 0.3) is 0 Å². The van der Waals surface area contributed by atoms with Crippen LogP contribution in [0.4, 0.5) is 0 Å². The van der Waals surface area contributed by atoms with Gasteiger partial charge in [-0.2, -0.15) is 0 Å². The summed E-state index contributed by atoms with van der Waals surface area (Å²) < 4.78 is 10.5. The van der Waals surface area contributed by atoms with Crippen LogP contribution in [0.2, 0.25) is 0 Å². The van der Waals surface area contributed by atoms with Crippen molar-refractivity contribution >= 4 is 19.4 Å². The molecule has 0 aliphatic heterocycles. The molecule has 0 radical (unpaired) electrons. The molecule has 112 valence electrons. The third-order valence-electron chi connectivity index (χ3n) is 3.37. The van der Waals surface area contributed by atoms with E-state index < -0.39 is 0 Å². The third-order valence-corrected chi connectivity index (χ3v) is 4.52. The molecule has 0 bridgehead atoms. The Balaban J connectivity index is 0.00000242. The molecule has 0 spiro atoms. The second-order valence-electron chi connectivity index (χ2n) is 4.79. The molecule has 5 heteroatoms. The summed E-state index contributed by atoms with van der Waals surface area (Å²) in [6.45, 7) is 3.94. The number of ether oxygens (including phenoxy) is 2. The molecule has 2 aromatic carbocycles. The number of rotatable bonds is 5. The number of carbonyl (C=O) groups is 1. The van der Waals surface area contributed by atoms with Crippen LogP contribution in [0.3, 0.4) is 0 Å². The summed E-state index contributed by atoms with van der Waals surface area (Å²) in [5.41, 5.74) is 2.97. The molecule has 0 aliphatic carbocycles. The summed E-state index contributed by atoms with van der Waals surface area (Å²) in [6.07, 6.45) is 0. The molecule has 2 rings (SSSR count). The molecule has 0 amide bonds. The van der Waals surface area contributed by atoms with Gasteiger partial charge in [-0.3, -0.25) is 4.79 Å². The molecule has 22 heavy (non-hydrogen) atoms. The standard InChI is InChI=1S/C17H19O3P.Li.H/c1-11-6-5-7-12(2)16(11)17(18)21-15-9-8-13(19-3)10-14(15)20-4;;/h5-10,21H,1-4H3;;/q;+1;-1. The van der Waals surface area contributed by atoms with Crippen molar-refractivity contribution < 1.29 is 34.6 Å². The number of hydrogen-bond acceptors (Lipinski definition) is 3. The second-order valence-corrected chi connectivity index (χ2v) is 6.03. The van der Waals surface area contributed by atoms with Gasteiger partial charge in [0, 0.05) is 16.9 Å². The normalized spacial score (nSPS) is 10.4. The Morgan fingerprint density at radius 1 is 1.05 bits per heavy atom. The number of carbonyl (C=O) groups excluding carboxylic acids is 1. The van der Waals surface area contributed by atoms with E-state index in [1.165, 1.54) is 0 Å². The molecule has 3 nitrogen and oxygen atoms in total. The minimum Gasteiger partial charge on any atom is -1.00 e. The Hall–Kier alpha value is -1.26. The van der Waals surface area contributed by atoms with Gasteiger partial charge < -0.3 is 10.9 Å². The zero-order valence-corrected chi connectivity index (χ0v) is 14.7. The third kappa shape index (κ3) is 4.14. The SMILES string of the molecule is COc1ccc(PC(=O)c2c(C)cccc2C)c(OC)c1.[H-].[Li+]. The van der Waals surface area contributed by atoms with Crippen LogP contribution in [-0.4, -0.2) is 19.7 Å².